The van der Waals surface area contributed by atoms with E-state index in [1.54, 1.807) is 0 Å². The van der Waals surface area contributed by atoms with Crippen LogP contribution in [0.5, 0.6) is 0 Å². The molecule has 0 aromatic heterocycles. The highest BCUT2D eigenvalue weighted by Gasteiger charge is 2.11. The van der Waals surface area contributed by atoms with Crippen LogP contribution in [0.25, 0.3) is 0 Å². The monoisotopic (exact) mass is 199 g/mol. The summed E-state index contributed by atoms with van der Waals surface area (Å²) in [5.41, 5.74) is -0.522. The molecule has 1 amide bonds. The Labute approximate surface area is 78.7 Å². The molecule has 0 fully saturated rings. The molecular weight excluding hydrogens is 192 g/mol. The summed E-state index contributed by atoms with van der Waals surface area (Å²) < 4.78 is 25.7. The first-order chi connectivity index (χ1) is 6.54. The number of carbonyl (C=O) groups excluding carboxylic acids is 2. The second-order valence-corrected chi connectivity index (χ2v) is 2.65. The zero-order chi connectivity index (χ0) is 10.7. The Morgan fingerprint density at radius 2 is 2.07 bits per heavy atom. The van der Waals surface area contributed by atoms with E-state index in [9.17, 15) is 18.4 Å². The molecule has 1 aromatic rings. The molecule has 1 aromatic carbocycles. The van der Waals surface area contributed by atoms with E-state index in [0.29, 0.717) is 6.07 Å². The molecule has 0 bridgehead atoms. The normalized spacial score (nSPS) is 9.64. The van der Waals surface area contributed by atoms with Gasteiger partial charge in [0.1, 0.15) is 11.6 Å². The van der Waals surface area contributed by atoms with Crippen molar-refractivity contribution in [3.63, 3.8) is 0 Å². The van der Waals surface area contributed by atoms with E-state index in [4.69, 9.17) is 0 Å². The molecule has 74 valence electrons. The van der Waals surface area contributed by atoms with Gasteiger partial charge in [-0.2, -0.15) is 0 Å². The van der Waals surface area contributed by atoms with Gasteiger partial charge in [0.2, 0.25) is 5.91 Å². The molecule has 0 saturated heterocycles. The number of hydrogen-bond acceptors (Lipinski definition) is 2. The number of rotatable bonds is 2. The van der Waals surface area contributed by atoms with Crippen molar-refractivity contribution in [3.8, 4) is 0 Å². The van der Waals surface area contributed by atoms with Crippen LogP contribution in [0.3, 0.4) is 0 Å². The summed E-state index contributed by atoms with van der Waals surface area (Å²) in [6.07, 6.45) is 0.275. The highest BCUT2D eigenvalue weighted by atomic mass is 19.1. The van der Waals surface area contributed by atoms with Gasteiger partial charge in [0, 0.05) is 18.6 Å². The molecule has 14 heavy (non-hydrogen) atoms. The van der Waals surface area contributed by atoms with E-state index >= 15 is 0 Å². The fourth-order valence-electron chi connectivity index (χ4n) is 0.994. The lowest BCUT2D eigenvalue weighted by atomic mass is 10.2. The lowest BCUT2D eigenvalue weighted by Crippen LogP contribution is -2.10. The van der Waals surface area contributed by atoms with E-state index in [1.165, 1.54) is 0 Å². The van der Waals surface area contributed by atoms with Gasteiger partial charge in [-0.05, 0) is 6.07 Å². The summed E-state index contributed by atoms with van der Waals surface area (Å²) in [4.78, 5) is 21.1. The number of carbonyl (C=O) groups is 2. The third kappa shape index (κ3) is 2.12. The van der Waals surface area contributed by atoms with Crippen LogP contribution in [0.2, 0.25) is 0 Å². The van der Waals surface area contributed by atoms with Crippen LogP contribution < -0.4 is 5.32 Å². The Kier molecular flexibility index (Phi) is 2.91. The minimum absolute atomic E-state index is 0.224. The van der Waals surface area contributed by atoms with Crippen LogP contribution in [-0.4, -0.2) is 12.2 Å². The lowest BCUT2D eigenvalue weighted by molar-refractivity contribution is -0.114. The predicted octanol–water partition coefficient (Wildman–Crippen LogP) is 1.74. The van der Waals surface area contributed by atoms with Crippen LogP contribution in [0, 0.1) is 11.6 Å². The molecule has 0 atom stereocenters. The Bertz CT molecular complexity index is 391. The van der Waals surface area contributed by atoms with Gasteiger partial charge in [0.25, 0.3) is 0 Å². The predicted molar refractivity (Wildman–Crippen MR) is 46.0 cm³/mol. The zero-order valence-electron chi connectivity index (χ0n) is 7.30. The molecule has 1 N–H and O–H groups in total. The van der Waals surface area contributed by atoms with Gasteiger partial charge in [-0.25, -0.2) is 8.78 Å². The Morgan fingerprint density at radius 1 is 1.43 bits per heavy atom. The smallest absolute Gasteiger partial charge is 0.221 e. The van der Waals surface area contributed by atoms with Gasteiger partial charge in [0.05, 0.1) is 5.69 Å². The van der Waals surface area contributed by atoms with Gasteiger partial charge >= 0.3 is 0 Å². The minimum atomic E-state index is -0.970. The van der Waals surface area contributed by atoms with Crippen LogP contribution >= 0.6 is 0 Å². The van der Waals surface area contributed by atoms with E-state index < -0.39 is 17.5 Å². The third-order valence-electron chi connectivity index (χ3n) is 1.51. The first-order valence-electron chi connectivity index (χ1n) is 3.76. The molecule has 1 rings (SSSR count). The largest absolute Gasteiger partial charge is 0.323 e. The first kappa shape index (κ1) is 10.3. The fourth-order valence-corrected chi connectivity index (χ4v) is 0.994. The summed E-state index contributed by atoms with van der Waals surface area (Å²) in [6, 6.07) is 1.44. The van der Waals surface area contributed by atoms with Crippen LogP contribution in [0.4, 0.5) is 14.5 Å². The van der Waals surface area contributed by atoms with Gasteiger partial charge in [-0.1, -0.05) is 0 Å². The number of amides is 1. The Hall–Kier alpha value is -1.78. The van der Waals surface area contributed by atoms with Crippen LogP contribution in [-0.2, 0) is 4.79 Å². The highest BCUT2D eigenvalue weighted by molar-refractivity contribution is 5.95. The topological polar surface area (TPSA) is 46.2 Å². The van der Waals surface area contributed by atoms with Gasteiger partial charge < -0.3 is 5.32 Å². The van der Waals surface area contributed by atoms with E-state index in [1.807, 2.05) is 0 Å². The number of hydrogen-bond donors (Lipinski definition) is 1. The number of benzene rings is 1. The van der Waals surface area contributed by atoms with E-state index in [0.717, 1.165) is 13.0 Å². The molecule has 0 spiro atoms. The van der Waals surface area contributed by atoms with Crippen molar-refractivity contribution >= 4 is 17.9 Å². The summed E-state index contributed by atoms with van der Waals surface area (Å²) in [5, 5.41) is 2.11. The standard InChI is InChI=1S/C9H7F2NO2/c1-5(14)12-9-6(4-13)2-7(10)3-8(9)11/h2-4H,1H3,(H,12,14). The maximum atomic E-state index is 13.0. The maximum absolute atomic E-state index is 13.0. The van der Waals surface area contributed by atoms with Crippen molar-refractivity contribution in [2.75, 3.05) is 5.32 Å². The van der Waals surface area contributed by atoms with Crippen molar-refractivity contribution in [2.45, 2.75) is 6.92 Å². The van der Waals surface area contributed by atoms with Crippen molar-refractivity contribution in [1.29, 1.82) is 0 Å². The number of anilines is 1. The van der Waals surface area contributed by atoms with Crippen molar-refractivity contribution in [1.82, 2.24) is 0 Å². The highest BCUT2D eigenvalue weighted by Crippen LogP contribution is 2.19. The van der Waals surface area contributed by atoms with E-state index in [-0.39, 0.29) is 17.5 Å². The lowest BCUT2D eigenvalue weighted by Gasteiger charge is -2.06. The van der Waals surface area contributed by atoms with Gasteiger partial charge in [0.15, 0.2) is 6.29 Å². The molecule has 0 heterocycles. The Balaban J connectivity index is 3.24. The first-order valence-corrected chi connectivity index (χ1v) is 3.76. The second-order valence-electron chi connectivity index (χ2n) is 2.65. The molecule has 0 aliphatic rings. The molecule has 0 saturated carbocycles. The van der Waals surface area contributed by atoms with Crippen molar-refractivity contribution in [2.24, 2.45) is 0 Å². The maximum Gasteiger partial charge on any atom is 0.221 e. The number of halogens is 2. The van der Waals surface area contributed by atoms with Crippen LogP contribution in [0.1, 0.15) is 17.3 Å². The average Bonchev–Trinajstić information content (AvgIpc) is 2.08. The quantitative estimate of drug-likeness (QED) is 0.737. The zero-order valence-corrected chi connectivity index (χ0v) is 7.30. The fraction of sp³-hybridized carbons (Fsp3) is 0.111. The Morgan fingerprint density at radius 3 is 2.57 bits per heavy atom. The average molecular weight is 199 g/mol. The van der Waals surface area contributed by atoms with Crippen molar-refractivity contribution < 1.29 is 18.4 Å². The van der Waals surface area contributed by atoms with Crippen LogP contribution in [0.15, 0.2) is 12.1 Å². The summed E-state index contributed by atoms with van der Waals surface area (Å²) >= 11 is 0. The minimum Gasteiger partial charge on any atom is -0.323 e. The summed E-state index contributed by atoms with van der Waals surface area (Å²) in [5.74, 6) is -2.36. The molecule has 0 aliphatic carbocycles. The molecule has 3 nitrogen and oxygen atoms in total. The van der Waals surface area contributed by atoms with Gasteiger partial charge in [-0.15, -0.1) is 0 Å². The number of nitrogens with one attached hydrogen (secondary N) is 1. The second kappa shape index (κ2) is 3.95. The molecular formula is C9H7F2NO2. The van der Waals surface area contributed by atoms with Crippen molar-refractivity contribution in [3.05, 3.63) is 29.3 Å². The third-order valence-corrected chi connectivity index (χ3v) is 1.51. The molecule has 0 unspecified atom stereocenters. The summed E-state index contributed by atoms with van der Waals surface area (Å²) in [6.45, 7) is 1.16. The molecule has 0 radical (unpaired) electrons. The SMILES string of the molecule is CC(=O)Nc1c(F)cc(F)cc1C=O. The van der Waals surface area contributed by atoms with E-state index in [2.05, 4.69) is 5.32 Å². The molecule has 5 heteroatoms. The molecule has 0 aliphatic heterocycles. The van der Waals surface area contributed by atoms with Gasteiger partial charge in [-0.3, -0.25) is 9.59 Å². The summed E-state index contributed by atoms with van der Waals surface area (Å²) in [7, 11) is 0. The number of aldehydes is 1.